The number of benzene rings is 1. The van der Waals surface area contributed by atoms with Gasteiger partial charge in [0.25, 0.3) is 5.91 Å². The van der Waals surface area contributed by atoms with Crippen LogP contribution < -0.4 is 15.5 Å². The maximum absolute atomic E-state index is 12.4. The second-order valence-electron chi connectivity index (χ2n) is 6.66. The maximum atomic E-state index is 12.4. The third-order valence-corrected chi connectivity index (χ3v) is 4.50. The van der Waals surface area contributed by atoms with Crippen LogP contribution in [0.1, 0.15) is 42.6 Å². The van der Waals surface area contributed by atoms with Gasteiger partial charge in [-0.15, -0.1) is 0 Å². The molecule has 1 aliphatic carbocycles. The van der Waals surface area contributed by atoms with Crippen LogP contribution in [0.15, 0.2) is 36.7 Å². The minimum atomic E-state index is -0.230. The van der Waals surface area contributed by atoms with Crippen LogP contribution >= 0.6 is 0 Å². The number of anilines is 3. The number of carbonyl (C=O) groups excluding carboxylic acids is 1. The molecule has 0 saturated heterocycles. The smallest absolute Gasteiger partial charge is 0.274 e. The molecule has 3 rings (SSSR count). The van der Waals surface area contributed by atoms with E-state index in [2.05, 4.69) is 20.6 Å². The molecule has 0 aliphatic heterocycles. The van der Waals surface area contributed by atoms with E-state index in [-0.39, 0.29) is 5.91 Å². The molecule has 1 aromatic carbocycles. The highest BCUT2D eigenvalue weighted by atomic mass is 16.1. The Morgan fingerprint density at radius 3 is 2.48 bits per heavy atom. The van der Waals surface area contributed by atoms with Gasteiger partial charge in [-0.05, 0) is 37.1 Å². The molecule has 0 atom stereocenters. The number of hydrogen-bond acceptors (Lipinski definition) is 5. The van der Waals surface area contributed by atoms with E-state index in [1.165, 1.54) is 25.6 Å². The van der Waals surface area contributed by atoms with Crippen LogP contribution in [-0.4, -0.2) is 36.0 Å². The normalized spacial score (nSPS) is 14.8. The molecule has 132 valence electrons. The van der Waals surface area contributed by atoms with Crippen molar-refractivity contribution in [3.05, 3.63) is 42.4 Å². The molecule has 1 aliphatic rings. The fraction of sp³-hybridized carbons (Fsp3) is 0.421. The molecule has 1 fully saturated rings. The Kier molecular flexibility index (Phi) is 5.48. The van der Waals surface area contributed by atoms with Crippen LogP contribution in [0.3, 0.4) is 0 Å². The van der Waals surface area contributed by atoms with Crippen molar-refractivity contribution >= 4 is 23.1 Å². The second-order valence-corrected chi connectivity index (χ2v) is 6.66. The Hall–Kier alpha value is -2.63. The Morgan fingerprint density at radius 2 is 1.80 bits per heavy atom. The van der Waals surface area contributed by atoms with Crippen LogP contribution in [0.25, 0.3) is 0 Å². The number of nitrogens with zero attached hydrogens (tertiary/aromatic N) is 3. The molecule has 1 aromatic heterocycles. The van der Waals surface area contributed by atoms with Gasteiger partial charge in [0.15, 0.2) is 0 Å². The Labute approximate surface area is 148 Å². The fourth-order valence-electron chi connectivity index (χ4n) is 3.05. The van der Waals surface area contributed by atoms with Gasteiger partial charge in [0, 0.05) is 37.6 Å². The van der Waals surface area contributed by atoms with Crippen molar-refractivity contribution in [1.29, 1.82) is 0 Å². The molecule has 2 aromatic rings. The van der Waals surface area contributed by atoms with Gasteiger partial charge in [-0.2, -0.15) is 0 Å². The van der Waals surface area contributed by atoms with E-state index in [1.54, 1.807) is 6.07 Å². The van der Waals surface area contributed by atoms with Gasteiger partial charge in [0.2, 0.25) is 0 Å². The van der Waals surface area contributed by atoms with Gasteiger partial charge >= 0.3 is 0 Å². The standard InChI is InChI=1S/C19H25N5O/c1-24(2)16-10-8-15(9-11-16)23-19(25)17-12-18(21-13-20-17)22-14-6-4-3-5-7-14/h8-14H,3-7H2,1-2H3,(H,23,25)(H,20,21,22). The highest BCUT2D eigenvalue weighted by Crippen LogP contribution is 2.21. The number of amides is 1. The van der Waals surface area contributed by atoms with Crippen LogP contribution in [-0.2, 0) is 0 Å². The van der Waals surface area contributed by atoms with Gasteiger partial charge in [-0.1, -0.05) is 19.3 Å². The summed E-state index contributed by atoms with van der Waals surface area (Å²) in [6.07, 6.45) is 7.56. The first-order chi connectivity index (χ1) is 12.1. The van der Waals surface area contributed by atoms with Crippen molar-refractivity contribution < 1.29 is 4.79 Å². The number of nitrogens with one attached hydrogen (secondary N) is 2. The maximum Gasteiger partial charge on any atom is 0.274 e. The second kappa shape index (κ2) is 7.96. The van der Waals surface area contributed by atoms with Crippen molar-refractivity contribution in [2.24, 2.45) is 0 Å². The van der Waals surface area contributed by atoms with Crippen LogP contribution in [0.4, 0.5) is 17.2 Å². The predicted octanol–water partition coefficient (Wildman–Crippen LogP) is 3.54. The van der Waals surface area contributed by atoms with Crippen molar-refractivity contribution in [1.82, 2.24) is 9.97 Å². The summed E-state index contributed by atoms with van der Waals surface area (Å²) in [6, 6.07) is 9.86. The van der Waals surface area contributed by atoms with Gasteiger partial charge in [0.1, 0.15) is 17.8 Å². The van der Waals surface area contributed by atoms with E-state index in [0.717, 1.165) is 30.0 Å². The van der Waals surface area contributed by atoms with E-state index in [1.807, 2.05) is 43.3 Å². The van der Waals surface area contributed by atoms with Gasteiger partial charge in [0.05, 0.1) is 0 Å². The highest BCUT2D eigenvalue weighted by molar-refractivity contribution is 6.03. The zero-order chi connectivity index (χ0) is 17.6. The molecule has 0 bridgehead atoms. The number of carbonyl (C=O) groups is 1. The van der Waals surface area contributed by atoms with Gasteiger partial charge in [-0.25, -0.2) is 9.97 Å². The van der Waals surface area contributed by atoms with Gasteiger partial charge < -0.3 is 15.5 Å². The Balaban J connectivity index is 1.64. The predicted molar refractivity (Wildman–Crippen MR) is 101 cm³/mol. The molecular weight excluding hydrogens is 314 g/mol. The number of rotatable bonds is 5. The fourth-order valence-corrected chi connectivity index (χ4v) is 3.05. The number of hydrogen-bond donors (Lipinski definition) is 2. The summed E-state index contributed by atoms with van der Waals surface area (Å²) in [5.41, 5.74) is 2.19. The van der Waals surface area contributed by atoms with Crippen LogP contribution in [0.2, 0.25) is 0 Å². The molecule has 1 heterocycles. The molecule has 0 spiro atoms. The van der Waals surface area contributed by atoms with Gasteiger partial charge in [-0.3, -0.25) is 4.79 Å². The van der Waals surface area contributed by atoms with E-state index < -0.39 is 0 Å². The first kappa shape index (κ1) is 17.2. The zero-order valence-corrected chi connectivity index (χ0v) is 14.8. The summed E-state index contributed by atoms with van der Waals surface area (Å²) >= 11 is 0. The lowest BCUT2D eigenvalue weighted by Gasteiger charge is -2.23. The van der Waals surface area contributed by atoms with Crippen molar-refractivity contribution in [3.8, 4) is 0 Å². The lowest BCUT2D eigenvalue weighted by atomic mass is 9.95. The van der Waals surface area contributed by atoms with E-state index >= 15 is 0 Å². The van der Waals surface area contributed by atoms with Crippen molar-refractivity contribution in [2.45, 2.75) is 38.1 Å². The lowest BCUT2D eigenvalue weighted by molar-refractivity contribution is 0.102. The Morgan fingerprint density at radius 1 is 1.08 bits per heavy atom. The van der Waals surface area contributed by atoms with E-state index in [9.17, 15) is 4.79 Å². The van der Waals surface area contributed by atoms with Crippen LogP contribution in [0, 0.1) is 0 Å². The van der Waals surface area contributed by atoms with Crippen molar-refractivity contribution in [2.75, 3.05) is 29.6 Å². The summed E-state index contributed by atoms with van der Waals surface area (Å²) in [6.45, 7) is 0. The Bertz CT molecular complexity index is 708. The monoisotopic (exact) mass is 339 g/mol. The quantitative estimate of drug-likeness (QED) is 0.872. The summed E-state index contributed by atoms with van der Waals surface area (Å²) in [7, 11) is 3.96. The third kappa shape index (κ3) is 4.68. The molecule has 6 heteroatoms. The van der Waals surface area contributed by atoms with Crippen molar-refractivity contribution in [3.63, 3.8) is 0 Å². The minimum absolute atomic E-state index is 0.230. The molecule has 2 N–H and O–H groups in total. The zero-order valence-electron chi connectivity index (χ0n) is 14.8. The summed E-state index contributed by atoms with van der Waals surface area (Å²) < 4.78 is 0. The number of aromatic nitrogens is 2. The molecular formula is C19H25N5O. The molecule has 0 radical (unpaired) electrons. The lowest BCUT2D eigenvalue weighted by Crippen LogP contribution is -2.23. The highest BCUT2D eigenvalue weighted by Gasteiger charge is 2.15. The average molecular weight is 339 g/mol. The molecule has 1 saturated carbocycles. The van der Waals surface area contributed by atoms with Crippen LogP contribution in [0.5, 0.6) is 0 Å². The SMILES string of the molecule is CN(C)c1ccc(NC(=O)c2cc(NC3CCCCC3)ncn2)cc1. The summed E-state index contributed by atoms with van der Waals surface area (Å²) in [5, 5.41) is 6.30. The molecule has 25 heavy (non-hydrogen) atoms. The third-order valence-electron chi connectivity index (χ3n) is 4.50. The first-order valence-corrected chi connectivity index (χ1v) is 8.79. The summed E-state index contributed by atoms with van der Waals surface area (Å²) in [4.78, 5) is 22.8. The minimum Gasteiger partial charge on any atom is -0.378 e. The average Bonchev–Trinajstić information content (AvgIpc) is 2.63. The topological polar surface area (TPSA) is 70.2 Å². The molecule has 0 unspecified atom stereocenters. The largest absolute Gasteiger partial charge is 0.378 e. The summed E-state index contributed by atoms with van der Waals surface area (Å²) in [5.74, 6) is 0.488. The van der Waals surface area contributed by atoms with E-state index in [0.29, 0.717) is 11.7 Å². The molecule has 1 amide bonds. The molecule has 6 nitrogen and oxygen atoms in total. The first-order valence-electron chi connectivity index (χ1n) is 8.79. The van der Waals surface area contributed by atoms with E-state index in [4.69, 9.17) is 0 Å².